The lowest BCUT2D eigenvalue weighted by molar-refractivity contribution is 0.463. The van der Waals surface area contributed by atoms with Gasteiger partial charge in [0.15, 0.2) is 5.75 Å². The molecule has 0 atom stereocenters. The zero-order valence-electron chi connectivity index (χ0n) is 7.79. The van der Waals surface area contributed by atoms with Gasteiger partial charge in [-0.05, 0) is 34.1 Å². The molecule has 0 aliphatic heterocycles. The topological polar surface area (TPSA) is 42.2 Å². The van der Waals surface area contributed by atoms with Crippen LogP contribution in [0.2, 0.25) is 0 Å². The largest absolute Gasteiger partial charge is 0.503 e. The van der Waals surface area contributed by atoms with Crippen LogP contribution in [-0.4, -0.2) is 9.67 Å². The summed E-state index contributed by atoms with van der Waals surface area (Å²) in [5, 5.41) is 9.92. The predicted octanol–water partition coefficient (Wildman–Crippen LogP) is 2.15. The summed E-state index contributed by atoms with van der Waals surface area (Å²) in [5.41, 5.74) is -0.0947. The summed E-state index contributed by atoms with van der Waals surface area (Å²) in [6.07, 6.45) is 0. The number of benzene rings is 1. The van der Waals surface area contributed by atoms with Gasteiger partial charge < -0.3 is 9.67 Å². The first-order valence-corrected chi connectivity index (χ1v) is 4.98. The van der Waals surface area contributed by atoms with Crippen LogP contribution in [0.25, 0.3) is 10.9 Å². The Kier molecular flexibility index (Phi) is 2.26. The van der Waals surface area contributed by atoms with Crippen molar-refractivity contribution in [2.45, 2.75) is 0 Å². The molecule has 1 N–H and O–H groups in total. The Balaban J connectivity index is 3.00. The molecule has 15 heavy (non-hydrogen) atoms. The van der Waals surface area contributed by atoms with Crippen LogP contribution in [0.3, 0.4) is 0 Å². The molecule has 1 heterocycles. The summed E-state index contributed by atoms with van der Waals surface area (Å²) >= 11 is 3.04. The van der Waals surface area contributed by atoms with E-state index >= 15 is 0 Å². The minimum Gasteiger partial charge on any atom is -0.503 e. The maximum Gasteiger partial charge on any atom is 0.292 e. The van der Waals surface area contributed by atoms with Gasteiger partial charge in [0.1, 0.15) is 5.82 Å². The summed E-state index contributed by atoms with van der Waals surface area (Å²) in [6, 6.07) is 4.09. The van der Waals surface area contributed by atoms with E-state index in [2.05, 4.69) is 15.9 Å². The molecule has 3 nitrogen and oxygen atoms in total. The molecule has 2 aromatic rings. The van der Waals surface area contributed by atoms with Crippen LogP contribution < -0.4 is 5.56 Å². The number of rotatable bonds is 0. The maximum atomic E-state index is 13.2. The zero-order chi connectivity index (χ0) is 11.2. The first-order valence-electron chi connectivity index (χ1n) is 4.18. The Morgan fingerprint density at radius 3 is 2.73 bits per heavy atom. The van der Waals surface area contributed by atoms with Gasteiger partial charge in [-0.15, -0.1) is 0 Å². The molecule has 0 aliphatic rings. The highest BCUT2D eigenvalue weighted by Gasteiger charge is 2.08. The molecule has 0 spiro atoms. The van der Waals surface area contributed by atoms with Crippen molar-refractivity contribution < 1.29 is 9.50 Å². The van der Waals surface area contributed by atoms with Crippen molar-refractivity contribution >= 4 is 26.8 Å². The average molecular weight is 272 g/mol. The van der Waals surface area contributed by atoms with E-state index in [1.165, 1.54) is 29.8 Å². The van der Waals surface area contributed by atoms with Crippen molar-refractivity contribution in [3.63, 3.8) is 0 Å². The highest BCUT2D eigenvalue weighted by molar-refractivity contribution is 9.10. The predicted molar refractivity (Wildman–Crippen MR) is 58.5 cm³/mol. The molecule has 5 heteroatoms. The number of aromatic nitrogens is 1. The van der Waals surface area contributed by atoms with Gasteiger partial charge in [0, 0.05) is 12.4 Å². The number of halogens is 2. The van der Waals surface area contributed by atoms with Crippen LogP contribution in [0, 0.1) is 5.82 Å². The van der Waals surface area contributed by atoms with Crippen molar-refractivity contribution in [1.82, 2.24) is 4.57 Å². The molecule has 78 valence electrons. The molecule has 0 saturated heterocycles. The highest BCUT2D eigenvalue weighted by atomic mass is 79.9. The standard InChI is InChI=1S/C10H7BrFNO2/c1-13-8-4-7(12)6(11)2-5(8)3-9(14)10(13)15/h2-4,14H,1H3. The van der Waals surface area contributed by atoms with E-state index < -0.39 is 11.4 Å². The van der Waals surface area contributed by atoms with Gasteiger partial charge in [-0.25, -0.2) is 4.39 Å². The van der Waals surface area contributed by atoms with E-state index in [9.17, 15) is 14.3 Å². The van der Waals surface area contributed by atoms with Crippen molar-refractivity contribution in [3.8, 4) is 5.75 Å². The third kappa shape index (κ3) is 1.52. The first kappa shape index (κ1) is 10.2. The first-order chi connectivity index (χ1) is 7.00. The normalized spacial score (nSPS) is 10.9. The van der Waals surface area contributed by atoms with E-state index in [0.29, 0.717) is 15.4 Å². The number of hydrogen-bond donors (Lipinski definition) is 1. The Morgan fingerprint density at radius 2 is 2.07 bits per heavy atom. The van der Waals surface area contributed by atoms with Crippen LogP contribution in [0.5, 0.6) is 5.75 Å². The summed E-state index contributed by atoms with van der Waals surface area (Å²) in [7, 11) is 1.48. The fourth-order valence-corrected chi connectivity index (χ4v) is 1.81. The summed E-state index contributed by atoms with van der Waals surface area (Å²) in [4.78, 5) is 11.4. The van der Waals surface area contributed by atoms with Crippen molar-refractivity contribution in [2.75, 3.05) is 0 Å². The molecule has 0 bridgehead atoms. The highest BCUT2D eigenvalue weighted by Crippen LogP contribution is 2.23. The molecule has 2 rings (SSSR count). The van der Waals surface area contributed by atoms with Gasteiger partial charge in [0.2, 0.25) is 0 Å². The smallest absolute Gasteiger partial charge is 0.292 e. The summed E-state index contributed by atoms with van der Waals surface area (Å²) in [5.74, 6) is -0.785. The number of aryl methyl sites for hydroxylation is 1. The molecule has 0 fully saturated rings. The van der Waals surface area contributed by atoms with Crippen LogP contribution in [0.1, 0.15) is 0 Å². The molecule has 1 aromatic carbocycles. The van der Waals surface area contributed by atoms with E-state index in [4.69, 9.17) is 0 Å². The molecule has 0 radical (unpaired) electrons. The van der Waals surface area contributed by atoms with Gasteiger partial charge in [-0.3, -0.25) is 4.79 Å². The van der Waals surface area contributed by atoms with E-state index in [1.54, 1.807) is 0 Å². The second-order valence-electron chi connectivity index (χ2n) is 3.22. The third-order valence-corrected chi connectivity index (χ3v) is 2.85. The van der Waals surface area contributed by atoms with Gasteiger partial charge >= 0.3 is 0 Å². The van der Waals surface area contributed by atoms with Gasteiger partial charge in [-0.2, -0.15) is 0 Å². The molecule has 1 aromatic heterocycles. The van der Waals surface area contributed by atoms with Crippen molar-refractivity contribution in [1.29, 1.82) is 0 Å². The summed E-state index contributed by atoms with van der Waals surface area (Å²) < 4.78 is 14.7. The number of fused-ring (bicyclic) bond motifs is 1. The zero-order valence-corrected chi connectivity index (χ0v) is 9.38. The third-order valence-electron chi connectivity index (χ3n) is 2.25. The molecule has 0 unspecified atom stereocenters. The fraction of sp³-hybridized carbons (Fsp3) is 0.100. The Bertz CT molecular complexity index is 606. The lowest BCUT2D eigenvalue weighted by Crippen LogP contribution is -2.16. The molecule has 0 aliphatic carbocycles. The number of hydrogen-bond acceptors (Lipinski definition) is 2. The van der Waals surface area contributed by atoms with Gasteiger partial charge in [0.05, 0.1) is 9.99 Å². The van der Waals surface area contributed by atoms with Crippen LogP contribution in [0.4, 0.5) is 4.39 Å². The number of pyridine rings is 1. The lowest BCUT2D eigenvalue weighted by atomic mass is 10.2. The Morgan fingerprint density at radius 1 is 1.40 bits per heavy atom. The fourth-order valence-electron chi connectivity index (χ4n) is 1.45. The molecule has 0 amide bonds. The van der Waals surface area contributed by atoms with E-state index in [-0.39, 0.29) is 5.75 Å². The molecular weight excluding hydrogens is 265 g/mol. The lowest BCUT2D eigenvalue weighted by Gasteiger charge is -2.06. The van der Waals surface area contributed by atoms with E-state index in [0.717, 1.165) is 0 Å². The minimum atomic E-state index is -0.538. The van der Waals surface area contributed by atoms with E-state index in [1.807, 2.05) is 0 Å². The second kappa shape index (κ2) is 3.34. The van der Waals surface area contributed by atoms with Crippen molar-refractivity contribution in [2.24, 2.45) is 7.05 Å². The second-order valence-corrected chi connectivity index (χ2v) is 4.07. The van der Waals surface area contributed by atoms with Crippen LogP contribution >= 0.6 is 15.9 Å². The SMILES string of the molecule is Cn1c(=O)c(O)cc2cc(Br)c(F)cc21. The minimum absolute atomic E-state index is 0.299. The Labute approximate surface area is 92.9 Å². The quantitative estimate of drug-likeness (QED) is 0.798. The number of aromatic hydroxyl groups is 1. The molecule has 0 saturated carbocycles. The number of nitrogens with zero attached hydrogens (tertiary/aromatic N) is 1. The van der Waals surface area contributed by atoms with Gasteiger partial charge in [0.25, 0.3) is 5.56 Å². The Hall–Kier alpha value is -1.36. The van der Waals surface area contributed by atoms with Gasteiger partial charge in [-0.1, -0.05) is 0 Å². The molecular formula is C10H7BrFNO2. The van der Waals surface area contributed by atoms with Crippen molar-refractivity contribution in [3.05, 3.63) is 38.8 Å². The summed E-state index contributed by atoms with van der Waals surface area (Å²) in [6.45, 7) is 0. The average Bonchev–Trinajstić information content (AvgIpc) is 2.19. The monoisotopic (exact) mass is 271 g/mol. The maximum absolute atomic E-state index is 13.2. The van der Waals surface area contributed by atoms with Crippen LogP contribution in [-0.2, 0) is 7.05 Å². The van der Waals surface area contributed by atoms with Crippen LogP contribution in [0.15, 0.2) is 27.5 Å².